The molecule has 120 valence electrons. The maximum atomic E-state index is 12.5. The van der Waals surface area contributed by atoms with Crippen LogP contribution in [0.25, 0.3) is 0 Å². The summed E-state index contributed by atoms with van der Waals surface area (Å²) in [4.78, 5) is 37.7. The molecule has 2 aliphatic rings. The van der Waals surface area contributed by atoms with Crippen LogP contribution in [0.2, 0.25) is 0 Å². The summed E-state index contributed by atoms with van der Waals surface area (Å²) in [5.74, 6) is -1.58. The number of amides is 2. The summed E-state index contributed by atoms with van der Waals surface area (Å²) in [7, 11) is 5.29. The molecule has 5 atom stereocenters. The van der Waals surface area contributed by atoms with Gasteiger partial charge in [0, 0.05) is 6.54 Å². The first kappa shape index (κ1) is 16.8. The van der Waals surface area contributed by atoms with Crippen molar-refractivity contribution >= 4 is 25.8 Å². The minimum absolute atomic E-state index is 0.0958. The average Bonchev–Trinajstić information content (AvgIpc) is 2.94. The predicted molar refractivity (Wildman–Crippen MR) is 79.9 cm³/mol. The van der Waals surface area contributed by atoms with Crippen LogP contribution in [-0.2, 0) is 14.4 Å². The third-order valence-corrected chi connectivity index (χ3v) is 4.75. The van der Waals surface area contributed by atoms with Gasteiger partial charge in [-0.05, 0) is 31.6 Å². The maximum Gasteiger partial charge on any atom is 0.329 e. The van der Waals surface area contributed by atoms with Crippen molar-refractivity contribution in [3.63, 3.8) is 0 Å². The molecule has 2 radical (unpaired) electrons. The summed E-state index contributed by atoms with van der Waals surface area (Å²) in [6.45, 7) is 5.84. The fourth-order valence-corrected chi connectivity index (χ4v) is 3.11. The van der Waals surface area contributed by atoms with Gasteiger partial charge in [0.1, 0.15) is 11.6 Å². The molecule has 8 heteroatoms. The van der Waals surface area contributed by atoms with Gasteiger partial charge in [0.2, 0.25) is 11.8 Å². The number of hydrogen-bond donors (Lipinski definition) is 3. The molecule has 0 aromatic heterocycles. The molecule has 1 aliphatic heterocycles. The quantitative estimate of drug-likeness (QED) is 0.581. The number of aliphatic carboxylic acids is 1. The van der Waals surface area contributed by atoms with Crippen LogP contribution in [0.15, 0.2) is 0 Å². The topological polar surface area (TPSA) is 98.7 Å². The van der Waals surface area contributed by atoms with Gasteiger partial charge in [-0.1, -0.05) is 13.8 Å². The molecule has 0 aromatic carbocycles. The maximum absolute atomic E-state index is 12.5. The Balaban J connectivity index is 2.10. The number of carboxylic acid groups (broad SMARTS) is 1. The largest absolute Gasteiger partial charge is 0.479 e. The molecule has 22 heavy (non-hydrogen) atoms. The number of carbonyl (C=O) groups excluding carboxylic acids is 2. The lowest BCUT2D eigenvalue weighted by molar-refractivity contribution is -0.145. The van der Waals surface area contributed by atoms with E-state index in [-0.39, 0.29) is 17.7 Å². The fourth-order valence-electron chi connectivity index (χ4n) is 3.11. The van der Waals surface area contributed by atoms with Crippen molar-refractivity contribution in [1.82, 2.24) is 15.4 Å². The van der Waals surface area contributed by atoms with Gasteiger partial charge in [0.25, 0.3) is 0 Å². The highest BCUT2D eigenvalue weighted by molar-refractivity contribution is 6.07. The zero-order valence-corrected chi connectivity index (χ0v) is 13.1. The van der Waals surface area contributed by atoms with E-state index in [9.17, 15) is 19.5 Å². The van der Waals surface area contributed by atoms with Crippen molar-refractivity contribution < 1.29 is 19.5 Å². The third kappa shape index (κ3) is 2.84. The summed E-state index contributed by atoms with van der Waals surface area (Å²) < 4.78 is 0. The molecule has 0 aromatic rings. The molecule has 2 unspecified atom stereocenters. The second-order valence-corrected chi connectivity index (χ2v) is 6.61. The van der Waals surface area contributed by atoms with E-state index in [2.05, 4.69) is 10.5 Å². The number of carboxylic acids is 1. The Morgan fingerprint density at radius 2 is 1.95 bits per heavy atom. The van der Waals surface area contributed by atoms with Crippen molar-refractivity contribution in [3.8, 4) is 0 Å². The highest BCUT2D eigenvalue weighted by Crippen LogP contribution is 2.43. The smallest absolute Gasteiger partial charge is 0.329 e. The molecule has 3 N–H and O–H groups in total. The van der Waals surface area contributed by atoms with Crippen LogP contribution in [-0.4, -0.2) is 59.9 Å². The zero-order chi connectivity index (χ0) is 16.7. The highest BCUT2D eigenvalue weighted by atomic mass is 16.4. The van der Waals surface area contributed by atoms with E-state index < -0.39 is 29.5 Å². The molecule has 7 nitrogen and oxygen atoms in total. The Morgan fingerprint density at radius 1 is 1.36 bits per heavy atom. The number of carbonyl (C=O) groups is 3. The minimum atomic E-state index is -1.17. The Kier molecular flexibility index (Phi) is 4.51. The van der Waals surface area contributed by atoms with Crippen LogP contribution in [0.1, 0.15) is 33.6 Å². The molecule has 2 amide bonds. The summed E-state index contributed by atoms with van der Waals surface area (Å²) >= 11 is 0. The molecule has 0 spiro atoms. The first-order valence-corrected chi connectivity index (χ1v) is 7.55. The number of likely N-dealkylation sites (tertiary alicyclic amines) is 1. The Bertz CT molecular complexity index is 500. The lowest BCUT2D eigenvalue weighted by Crippen LogP contribution is -2.55. The van der Waals surface area contributed by atoms with Crippen molar-refractivity contribution in [1.29, 1.82) is 0 Å². The van der Waals surface area contributed by atoms with E-state index in [0.717, 1.165) is 0 Å². The van der Waals surface area contributed by atoms with Gasteiger partial charge in [-0.25, -0.2) is 4.79 Å². The van der Waals surface area contributed by atoms with Crippen LogP contribution in [0.5, 0.6) is 0 Å². The van der Waals surface area contributed by atoms with Gasteiger partial charge in [0.15, 0.2) is 7.98 Å². The molecule has 1 saturated heterocycles. The molecule has 2 fully saturated rings. The van der Waals surface area contributed by atoms with Crippen molar-refractivity contribution in [2.75, 3.05) is 6.54 Å². The second kappa shape index (κ2) is 5.91. The van der Waals surface area contributed by atoms with Crippen LogP contribution in [0, 0.1) is 11.8 Å². The van der Waals surface area contributed by atoms with E-state index >= 15 is 0 Å². The first-order chi connectivity index (χ1) is 10.2. The van der Waals surface area contributed by atoms with Crippen LogP contribution < -0.4 is 10.5 Å². The Hall–Kier alpha value is -1.57. The van der Waals surface area contributed by atoms with Crippen molar-refractivity contribution in [2.45, 2.75) is 51.2 Å². The van der Waals surface area contributed by atoms with Crippen molar-refractivity contribution in [3.05, 3.63) is 0 Å². The Morgan fingerprint density at radius 3 is 2.41 bits per heavy atom. The summed E-state index contributed by atoms with van der Waals surface area (Å²) in [6.07, 6.45) is 0.948. The number of hydrogen-bond acceptors (Lipinski definition) is 4. The number of nitrogens with zero attached hydrogens (tertiary/aromatic N) is 1. The minimum Gasteiger partial charge on any atom is -0.479 e. The SMILES string of the molecule is [B]N[C@@H](C)C(=O)N1C[C@H](C)C[C@H]1C(=O)NC1(C(=O)O)CC1C. The molecule has 1 saturated carbocycles. The van der Waals surface area contributed by atoms with Gasteiger partial charge < -0.3 is 20.6 Å². The monoisotopic (exact) mass is 307 g/mol. The molecule has 0 bridgehead atoms. The third-order valence-electron chi connectivity index (χ3n) is 4.75. The highest BCUT2D eigenvalue weighted by Gasteiger charge is 2.60. The van der Waals surface area contributed by atoms with E-state index in [1.807, 2.05) is 6.92 Å². The van der Waals surface area contributed by atoms with Crippen LogP contribution in [0.3, 0.4) is 0 Å². The molecule has 1 aliphatic carbocycles. The molecule has 2 rings (SSSR count). The number of rotatable bonds is 5. The van der Waals surface area contributed by atoms with E-state index in [1.54, 1.807) is 13.8 Å². The van der Waals surface area contributed by atoms with Gasteiger partial charge in [-0.2, -0.15) is 0 Å². The van der Waals surface area contributed by atoms with E-state index in [1.165, 1.54) is 4.90 Å². The first-order valence-electron chi connectivity index (χ1n) is 7.55. The second-order valence-electron chi connectivity index (χ2n) is 6.61. The summed E-state index contributed by atoms with van der Waals surface area (Å²) in [6, 6.07) is -1.23. The van der Waals surface area contributed by atoms with Crippen LogP contribution in [0.4, 0.5) is 0 Å². The Labute approximate surface area is 131 Å². The van der Waals surface area contributed by atoms with Crippen molar-refractivity contribution in [2.24, 2.45) is 11.8 Å². The molecular formula is C14H22BN3O4. The van der Waals surface area contributed by atoms with Crippen LogP contribution >= 0.6 is 0 Å². The van der Waals surface area contributed by atoms with E-state index in [4.69, 9.17) is 7.98 Å². The summed E-state index contributed by atoms with van der Waals surface area (Å²) in [5.41, 5.74) is -1.17. The number of nitrogens with one attached hydrogen (secondary N) is 2. The normalized spacial score (nSPS) is 35.0. The average molecular weight is 307 g/mol. The standard InChI is InChI=1S/C14H22BN3O4/c1-7-4-10(18(6-7)12(20)9(3)17-15)11(19)16-14(13(21)22)5-8(14)2/h7-10,17H,4-6H2,1-3H3,(H,16,19)(H,21,22)/t7-,8?,9+,10+,14?/m1/s1. The van der Waals surface area contributed by atoms with Gasteiger partial charge in [-0.15, -0.1) is 0 Å². The lowest BCUT2D eigenvalue weighted by Gasteiger charge is -2.28. The van der Waals surface area contributed by atoms with E-state index in [0.29, 0.717) is 19.4 Å². The van der Waals surface area contributed by atoms with Gasteiger partial charge in [-0.3, -0.25) is 9.59 Å². The zero-order valence-electron chi connectivity index (χ0n) is 13.1. The molecular weight excluding hydrogens is 285 g/mol. The van der Waals surface area contributed by atoms with Gasteiger partial charge >= 0.3 is 5.97 Å². The molecule has 1 heterocycles. The lowest BCUT2D eigenvalue weighted by atomic mass is 10.1. The van der Waals surface area contributed by atoms with Gasteiger partial charge in [0.05, 0.1) is 6.04 Å². The predicted octanol–water partition coefficient (Wildman–Crippen LogP) is -0.736. The summed E-state index contributed by atoms with van der Waals surface area (Å²) in [5, 5.41) is 14.3. The fraction of sp³-hybridized carbons (Fsp3) is 0.786.